The van der Waals surface area contributed by atoms with Gasteiger partial charge in [0.1, 0.15) is 5.82 Å². The lowest BCUT2D eigenvalue weighted by Crippen LogP contribution is -2.39. The molecule has 96 valence electrons. The van der Waals surface area contributed by atoms with Gasteiger partial charge in [0.05, 0.1) is 12.0 Å². The number of nitrogens with zero attached hydrogens (tertiary/aromatic N) is 1. The van der Waals surface area contributed by atoms with E-state index in [9.17, 15) is 4.39 Å². The third-order valence-electron chi connectivity index (χ3n) is 3.77. The van der Waals surface area contributed by atoms with E-state index in [0.717, 1.165) is 24.8 Å². The van der Waals surface area contributed by atoms with Gasteiger partial charge >= 0.3 is 0 Å². The minimum absolute atomic E-state index is 0.113. The predicted octanol–water partition coefficient (Wildman–Crippen LogP) is 3.56. The normalized spacial score (nSPS) is 25.4. The first-order valence-electron chi connectivity index (χ1n) is 6.62. The molecule has 0 radical (unpaired) electrons. The Hall–Kier alpha value is -1.40. The monoisotopic (exact) mass is 246 g/mol. The van der Waals surface area contributed by atoms with Gasteiger partial charge < -0.3 is 5.32 Å². The molecule has 0 aromatic heterocycles. The number of halogens is 1. The Morgan fingerprint density at radius 3 is 2.61 bits per heavy atom. The van der Waals surface area contributed by atoms with Gasteiger partial charge in [0.2, 0.25) is 0 Å². The van der Waals surface area contributed by atoms with Crippen LogP contribution in [0.2, 0.25) is 0 Å². The van der Waals surface area contributed by atoms with E-state index in [-0.39, 0.29) is 23.8 Å². The van der Waals surface area contributed by atoms with Crippen molar-refractivity contribution in [2.45, 2.75) is 44.7 Å². The van der Waals surface area contributed by atoms with Crippen molar-refractivity contribution in [2.75, 3.05) is 0 Å². The molecule has 1 aromatic rings. The van der Waals surface area contributed by atoms with Crippen LogP contribution >= 0.6 is 0 Å². The lowest BCUT2D eigenvalue weighted by molar-refractivity contribution is 0.292. The van der Waals surface area contributed by atoms with Gasteiger partial charge in [0, 0.05) is 12.1 Å². The SMILES string of the molecule is C[C@H](NC1CCCCC1C#N)c1ccc(F)cc1. The van der Waals surface area contributed by atoms with Crippen LogP contribution in [0.3, 0.4) is 0 Å². The smallest absolute Gasteiger partial charge is 0.123 e. The molecule has 3 atom stereocenters. The first kappa shape index (κ1) is 13.0. The van der Waals surface area contributed by atoms with Gasteiger partial charge in [-0.1, -0.05) is 25.0 Å². The van der Waals surface area contributed by atoms with Gasteiger partial charge in [-0.15, -0.1) is 0 Å². The van der Waals surface area contributed by atoms with E-state index in [1.54, 1.807) is 12.1 Å². The Morgan fingerprint density at radius 2 is 1.94 bits per heavy atom. The number of nitriles is 1. The van der Waals surface area contributed by atoms with Gasteiger partial charge in [-0.25, -0.2) is 4.39 Å². The van der Waals surface area contributed by atoms with Crippen LogP contribution in [0.5, 0.6) is 0 Å². The topological polar surface area (TPSA) is 35.8 Å². The molecule has 0 bridgehead atoms. The van der Waals surface area contributed by atoms with E-state index in [4.69, 9.17) is 5.26 Å². The summed E-state index contributed by atoms with van der Waals surface area (Å²) in [7, 11) is 0. The molecule has 1 saturated carbocycles. The molecule has 0 amide bonds. The van der Waals surface area contributed by atoms with Crippen LogP contribution in [0, 0.1) is 23.1 Å². The van der Waals surface area contributed by atoms with E-state index < -0.39 is 0 Å². The first-order valence-corrected chi connectivity index (χ1v) is 6.62. The maximum atomic E-state index is 12.9. The molecular weight excluding hydrogens is 227 g/mol. The van der Waals surface area contributed by atoms with Crippen molar-refractivity contribution in [3.63, 3.8) is 0 Å². The highest BCUT2D eigenvalue weighted by Gasteiger charge is 2.26. The summed E-state index contributed by atoms with van der Waals surface area (Å²) in [6.45, 7) is 2.07. The van der Waals surface area contributed by atoms with Crippen LogP contribution in [-0.4, -0.2) is 6.04 Å². The Bertz CT molecular complexity index is 421. The highest BCUT2D eigenvalue weighted by molar-refractivity contribution is 5.19. The van der Waals surface area contributed by atoms with Crippen molar-refractivity contribution in [3.8, 4) is 6.07 Å². The minimum atomic E-state index is -0.210. The zero-order chi connectivity index (χ0) is 13.0. The van der Waals surface area contributed by atoms with E-state index in [0.29, 0.717) is 0 Å². The number of hydrogen-bond acceptors (Lipinski definition) is 2. The third-order valence-corrected chi connectivity index (χ3v) is 3.77. The molecule has 2 unspecified atom stereocenters. The van der Waals surface area contributed by atoms with Crippen molar-refractivity contribution >= 4 is 0 Å². The summed E-state index contributed by atoms with van der Waals surface area (Å²) in [4.78, 5) is 0. The summed E-state index contributed by atoms with van der Waals surface area (Å²) in [5, 5.41) is 12.7. The highest BCUT2D eigenvalue weighted by atomic mass is 19.1. The molecule has 1 aliphatic carbocycles. The number of rotatable bonds is 3. The van der Waals surface area contributed by atoms with E-state index in [1.807, 2.05) is 0 Å². The van der Waals surface area contributed by atoms with Crippen molar-refractivity contribution in [2.24, 2.45) is 5.92 Å². The summed E-state index contributed by atoms with van der Waals surface area (Å²) in [6, 6.07) is 9.39. The van der Waals surface area contributed by atoms with Crippen LogP contribution in [0.15, 0.2) is 24.3 Å². The molecule has 1 N–H and O–H groups in total. The van der Waals surface area contributed by atoms with Crippen LogP contribution in [0.1, 0.15) is 44.2 Å². The van der Waals surface area contributed by atoms with Gasteiger partial charge in [0.15, 0.2) is 0 Å². The van der Waals surface area contributed by atoms with Crippen molar-refractivity contribution < 1.29 is 4.39 Å². The van der Waals surface area contributed by atoms with E-state index in [2.05, 4.69) is 18.3 Å². The number of nitrogens with one attached hydrogen (secondary N) is 1. The fourth-order valence-corrected chi connectivity index (χ4v) is 2.65. The van der Waals surface area contributed by atoms with Crippen molar-refractivity contribution in [3.05, 3.63) is 35.6 Å². The fourth-order valence-electron chi connectivity index (χ4n) is 2.65. The highest BCUT2D eigenvalue weighted by Crippen LogP contribution is 2.26. The van der Waals surface area contributed by atoms with E-state index in [1.165, 1.54) is 18.6 Å². The molecule has 1 aliphatic rings. The molecule has 1 aromatic carbocycles. The van der Waals surface area contributed by atoms with E-state index >= 15 is 0 Å². The average molecular weight is 246 g/mol. The van der Waals surface area contributed by atoms with Gasteiger partial charge in [-0.2, -0.15) is 5.26 Å². The molecule has 0 spiro atoms. The lowest BCUT2D eigenvalue weighted by Gasteiger charge is -2.30. The first-order chi connectivity index (χ1) is 8.70. The summed E-state index contributed by atoms with van der Waals surface area (Å²) in [5.41, 5.74) is 1.07. The Kier molecular flexibility index (Phi) is 4.33. The van der Waals surface area contributed by atoms with Crippen LogP contribution in [0.4, 0.5) is 4.39 Å². The molecule has 2 rings (SSSR count). The summed E-state index contributed by atoms with van der Waals surface area (Å²) < 4.78 is 12.9. The molecule has 3 heteroatoms. The fraction of sp³-hybridized carbons (Fsp3) is 0.533. The van der Waals surface area contributed by atoms with Gasteiger partial charge in [-0.05, 0) is 37.5 Å². The second-order valence-corrected chi connectivity index (χ2v) is 5.07. The molecule has 18 heavy (non-hydrogen) atoms. The molecule has 0 aliphatic heterocycles. The van der Waals surface area contributed by atoms with Crippen LogP contribution < -0.4 is 5.32 Å². The average Bonchev–Trinajstić information content (AvgIpc) is 2.40. The zero-order valence-electron chi connectivity index (χ0n) is 10.7. The number of hydrogen-bond donors (Lipinski definition) is 1. The maximum Gasteiger partial charge on any atom is 0.123 e. The third kappa shape index (κ3) is 3.08. The van der Waals surface area contributed by atoms with Gasteiger partial charge in [-0.3, -0.25) is 0 Å². The molecule has 0 heterocycles. The summed E-state index contributed by atoms with van der Waals surface area (Å²) >= 11 is 0. The standard InChI is InChI=1S/C15H19FN2/c1-11(12-6-8-14(16)9-7-12)18-15-5-3-2-4-13(15)10-17/h6-9,11,13,15,18H,2-5H2,1H3/t11-,13?,15?/m0/s1. The maximum absolute atomic E-state index is 12.9. The minimum Gasteiger partial charge on any atom is -0.306 e. The number of benzene rings is 1. The zero-order valence-corrected chi connectivity index (χ0v) is 10.7. The Labute approximate surface area is 108 Å². The van der Waals surface area contributed by atoms with Gasteiger partial charge in [0.25, 0.3) is 0 Å². The molecule has 0 saturated heterocycles. The Morgan fingerprint density at radius 1 is 1.28 bits per heavy atom. The van der Waals surface area contributed by atoms with Crippen molar-refractivity contribution in [1.29, 1.82) is 5.26 Å². The molecule has 1 fully saturated rings. The van der Waals surface area contributed by atoms with Crippen LogP contribution in [0.25, 0.3) is 0 Å². The summed E-state index contributed by atoms with van der Waals surface area (Å²) in [6.07, 6.45) is 4.39. The van der Waals surface area contributed by atoms with Crippen LogP contribution in [-0.2, 0) is 0 Å². The van der Waals surface area contributed by atoms with Crippen molar-refractivity contribution in [1.82, 2.24) is 5.32 Å². The largest absolute Gasteiger partial charge is 0.306 e. The lowest BCUT2D eigenvalue weighted by atomic mass is 9.85. The quantitative estimate of drug-likeness (QED) is 0.885. The molecule has 2 nitrogen and oxygen atoms in total. The second-order valence-electron chi connectivity index (χ2n) is 5.07. The predicted molar refractivity (Wildman–Crippen MR) is 69.3 cm³/mol. The second kappa shape index (κ2) is 5.97. The summed E-state index contributed by atoms with van der Waals surface area (Å²) in [5.74, 6) is -0.0971. The molecular formula is C15H19FN2. The Balaban J connectivity index is 1.99.